The summed E-state index contributed by atoms with van der Waals surface area (Å²) in [5, 5.41) is 30.9. The summed E-state index contributed by atoms with van der Waals surface area (Å²) in [4.78, 5) is 6.87. The SMILES string of the molecule is CC(C)(C)N1CCC(n2cc(C(Nc3cc(Cl)c4ncc(C#N)c(Nc5ccn(CC(F)(F)F)n5)c4c3)c3ccc(Cl)cc3)nn2)CC1. The summed E-state index contributed by atoms with van der Waals surface area (Å²) < 4.78 is 41.5. The van der Waals surface area contributed by atoms with Crippen molar-refractivity contribution < 1.29 is 13.2 Å². The number of alkyl halides is 3. The van der Waals surface area contributed by atoms with Gasteiger partial charge in [0.15, 0.2) is 5.82 Å². The van der Waals surface area contributed by atoms with Crippen LogP contribution in [0, 0.1) is 11.3 Å². The molecule has 1 atom stereocenters. The lowest BCUT2D eigenvalue weighted by atomic mass is 9.98. The number of likely N-dealkylation sites (tertiary alicyclic amines) is 1. The van der Waals surface area contributed by atoms with E-state index >= 15 is 0 Å². The van der Waals surface area contributed by atoms with E-state index < -0.39 is 18.8 Å². The van der Waals surface area contributed by atoms with Gasteiger partial charge >= 0.3 is 6.18 Å². The lowest BCUT2D eigenvalue weighted by Crippen LogP contribution is -2.46. The van der Waals surface area contributed by atoms with Crippen LogP contribution in [0.3, 0.4) is 0 Å². The van der Waals surface area contributed by atoms with Crippen LogP contribution in [0.2, 0.25) is 10.0 Å². The number of anilines is 3. The van der Waals surface area contributed by atoms with Gasteiger partial charge in [-0.15, -0.1) is 5.10 Å². The Kier molecular flexibility index (Phi) is 9.26. The van der Waals surface area contributed by atoms with Crippen molar-refractivity contribution in [1.29, 1.82) is 5.26 Å². The monoisotopic (exact) mass is 696 g/mol. The van der Waals surface area contributed by atoms with E-state index in [2.05, 4.69) is 62.8 Å². The van der Waals surface area contributed by atoms with Gasteiger partial charge in [0.25, 0.3) is 0 Å². The van der Waals surface area contributed by atoms with E-state index in [9.17, 15) is 18.4 Å². The Morgan fingerprint density at radius 2 is 1.79 bits per heavy atom. The van der Waals surface area contributed by atoms with E-state index in [1.807, 2.05) is 23.0 Å². The average molecular weight is 698 g/mol. The molecule has 1 aliphatic heterocycles. The van der Waals surface area contributed by atoms with E-state index in [1.165, 1.54) is 18.5 Å². The van der Waals surface area contributed by atoms with E-state index in [-0.39, 0.29) is 23.0 Å². The molecule has 48 heavy (non-hydrogen) atoms. The number of rotatable bonds is 8. The molecule has 1 aliphatic rings. The third-order valence-corrected chi connectivity index (χ3v) is 8.95. The van der Waals surface area contributed by atoms with Gasteiger partial charge in [0.1, 0.15) is 18.3 Å². The van der Waals surface area contributed by atoms with Crippen LogP contribution in [-0.2, 0) is 6.54 Å². The fourth-order valence-electron chi connectivity index (χ4n) is 5.94. The van der Waals surface area contributed by atoms with E-state index in [1.54, 1.807) is 24.3 Å². The van der Waals surface area contributed by atoms with Gasteiger partial charge in [-0.25, -0.2) is 4.68 Å². The first-order valence-corrected chi connectivity index (χ1v) is 16.1. The Hall–Kier alpha value is -4.38. The number of nitrogens with zero attached hydrogens (tertiary/aromatic N) is 8. The van der Waals surface area contributed by atoms with Crippen LogP contribution in [0.5, 0.6) is 0 Å². The van der Waals surface area contributed by atoms with Crippen LogP contribution in [0.4, 0.5) is 30.4 Å². The fourth-order valence-corrected chi connectivity index (χ4v) is 6.34. The van der Waals surface area contributed by atoms with Gasteiger partial charge in [-0.3, -0.25) is 14.6 Å². The fraction of sp³-hybridized carbons (Fsp3) is 0.364. The van der Waals surface area contributed by atoms with Crippen molar-refractivity contribution in [3.8, 4) is 6.07 Å². The Labute approximate surface area is 285 Å². The minimum Gasteiger partial charge on any atom is -0.373 e. The molecular weight excluding hydrogens is 664 g/mol. The van der Waals surface area contributed by atoms with Crippen LogP contribution in [0.15, 0.2) is 61.1 Å². The van der Waals surface area contributed by atoms with E-state index in [4.69, 9.17) is 23.2 Å². The van der Waals surface area contributed by atoms with Crippen molar-refractivity contribution in [1.82, 2.24) is 34.7 Å². The number of hydrogen-bond donors (Lipinski definition) is 2. The van der Waals surface area contributed by atoms with Crippen LogP contribution in [-0.4, -0.2) is 59.5 Å². The maximum absolute atomic E-state index is 12.9. The number of hydrogen-bond acceptors (Lipinski definition) is 8. The molecule has 1 saturated heterocycles. The average Bonchev–Trinajstić information content (AvgIpc) is 3.69. The van der Waals surface area contributed by atoms with Gasteiger partial charge in [-0.1, -0.05) is 40.5 Å². The molecule has 15 heteroatoms. The molecule has 250 valence electrons. The number of pyridine rings is 1. The van der Waals surface area contributed by atoms with Crippen LogP contribution < -0.4 is 10.6 Å². The van der Waals surface area contributed by atoms with Gasteiger partial charge in [0.2, 0.25) is 0 Å². The van der Waals surface area contributed by atoms with Crippen molar-refractivity contribution in [2.45, 2.75) is 64.0 Å². The molecule has 1 unspecified atom stereocenters. The van der Waals surface area contributed by atoms with Gasteiger partial charge in [0.05, 0.1) is 40.1 Å². The maximum Gasteiger partial charge on any atom is 0.408 e. The van der Waals surface area contributed by atoms with Gasteiger partial charge in [0, 0.05) is 53.2 Å². The van der Waals surface area contributed by atoms with Gasteiger partial charge in [-0.05, 0) is 63.4 Å². The first-order chi connectivity index (χ1) is 22.8. The van der Waals surface area contributed by atoms with Crippen molar-refractivity contribution in [3.63, 3.8) is 0 Å². The predicted octanol–water partition coefficient (Wildman–Crippen LogP) is 8.14. The van der Waals surface area contributed by atoms with Crippen molar-refractivity contribution in [2.24, 2.45) is 0 Å². The Balaban J connectivity index is 1.33. The number of halogens is 5. The molecule has 4 heterocycles. The topological polar surface area (TPSA) is 113 Å². The minimum atomic E-state index is -4.44. The Morgan fingerprint density at radius 1 is 1.06 bits per heavy atom. The number of aromatic nitrogens is 6. The summed E-state index contributed by atoms with van der Waals surface area (Å²) in [6.45, 7) is 7.37. The minimum absolute atomic E-state index is 0.108. The van der Waals surface area contributed by atoms with Crippen molar-refractivity contribution >= 4 is 51.3 Å². The van der Waals surface area contributed by atoms with Crippen molar-refractivity contribution in [2.75, 3.05) is 23.7 Å². The molecule has 1 fully saturated rings. The first-order valence-electron chi connectivity index (χ1n) is 15.4. The smallest absolute Gasteiger partial charge is 0.373 e. The molecule has 2 aromatic carbocycles. The molecule has 0 bridgehead atoms. The Bertz CT molecular complexity index is 1950. The van der Waals surface area contributed by atoms with E-state index in [0.29, 0.717) is 38.0 Å². The second kappa shape index (κ2) is 13.3. The molecule has 5 aromatic rings. The molecule has 0 saturated carbocycles. The molecular formula is C33H33Cl2F3N10. The number of nitriles is 1. The second-order valence-corrected chi connectivity index (χ2v) is 13.6. The van der Waals surface area contributed by atoms with E-state index in [0.717, 1.165) is 36.2 Å². The highest BCUT2D eigenvalue weighted by atomic mass is 35.5. The van der Waals surface area contributed by atoms with Crippen LogP contribution in [0.25, 0.3) is 10.9 Å². The summed E-state index contributed by atoms with van der Waals surface area (Å²) in [6, 6.07) is 14.2. The first kappa shape index (κ1) is 33.5. The van der Waals surface area contributed by atoms with Crippen LogP contribution >= 0.6 is 23.2 Å². The zero-order valence-corrected chi connectivity index (χ0v) is 27.9. The summed E-state index contributed by atoms with van der Waals surface area (Å²) in [7, 11) is 0. The molecule has 0 amide bonds. The van der Waals surface area contributed by atoms with Crippen molar-refractivity contribution in [3.05, 3.63) is 87.9 Å². The highest BCUT2D eigenvalue weighted by molar-refractivity contribution is 6.36. The predicted molar refractivity (Wildman–Crippen MR) is 180 cm³/mol. The number of nitrogens with one attached hydrogen (secondary N) is 2. The quantitative estimate of drug-likeness (QED) is 0.167. The Morgan fingerprint density at radius 3 is 2.46 bits per heavy atom. The zero-order chi connectivity index (χ0) is 34.2. The highest BCUT2D eigenvalue weighted by Crippen LogP contribution is 2.37. The molecule has 6 rings (SSSR count). The molecule has 3 aromatic heterocycles. The summed E-state index contributed by atoms with van der Waals surface area (Å²) in [5.74, 6) is 0.127. The number of benzene rings is 2. The number of piperidine rings is 1. The molecule has 0 radical (unpaired) electrons. The molecule has 2 N–H and O–H groups in total. The third-order valence-electron chi connectivity index (χ3n) is 8.41. The standard InChI is InChI=1S/C33H33Cl2F3N10/c1-32(2,3)46-11-8-24(9-12-46)48-18-27(43-45-48)30(20-4-6-22(34)7-5-20)41-23-14-25-29(21(16-39)17-40-31(25)26(35)15-23)42-28-10-13-47(44-28)19-33(36,37)38/h4-7,10,13-15,17-18,24,30,41H,8-9,11-12,19H2,1-3H3,(H,40,42,44). The van der Waals surface area contributed by atoms with Crippen LogP contribution in [0.1, 0.15) is 62.5 Å². The number of fused-ring (bicyclic) bond motifs is 1. The second-order valence-electron chi connectivity index (χ2n) is 12.8. The van der Waals surface area contributed by atoms with Gasteiger partial charge < -0.3 is 10.6 Å². The normalized spacial score (nSPS) is 15.4. The summed E-state index contributed by atoms with van der Waals surface area (Å²) in [5.41, 5.74) is 3.12. The lowest BCUT2D eigenvalue weighted by Gasteiger charge is -2.40. The summed E-state index contributed by atoms with van der Waals surface area (Å²) >= 11 is 13.0. The molecule has 10 nitrogen and oxygen atoms in total. The summed E-state index contributed by atoms with van der Waals surface area (Å²) in [6.07, 6.45) is 2.01. The lowest BCUT2D eigenvalue weighted by molar-refractivity contribution is -0.142. The van der Waals surface area contributed by atoms with Gasteiger partial charge in [-0.2, -0.15) is 23.5 Å². The highest BCUT2D eigenvalue weighted by Gasteiger charge is 2.30. The maximum atomic E-state index is 12.9. The molecule has 0 spiro atoms. The third kappa shape index (κ3) is 7.51. The molecule has 0 aliphatic carbocycles. The largest absolute Gasteiger partial charge is 0.408 e. The zero-order valence-electron chi connectivity index (χ0n) is 26.4.